The number of anilines is 1. The summed E-state index contributed by atoms with van der Waals surface area (Å²) in [6.07, 6.45) is 0. The van der Waals surface area contributed by atoms with Gasteiger partial charge >= 0.3 is 5.97 Å². The molecule has 5 nitrogen and oxygen atoms in total. The lowest BCUT2D eigenvalue weighted by Gasteiger charge is -2.20. The average Bonchev–Trinajstić information content (AvgIpc) is 2.99. The first-order valence-corrected chi connectivity index (χ1v) is 12.7. The number of benzene rings is 5. The number of hydrogen-bond donors (Lipinski definition) is 2. The van der Waals surface area contributed by atoms with E-state index >= 15 is 0 Å². The molecule has 0 radical (unpaired) electrons. The summed E-state index contributed by atoms with van der Waals surface area (Å²) in [4.78, 5) is 16.9. The van der Waals surface area contributed by atoms with Gasteiger partial charge in [0.1, 0.15) is 11.3 Å². The molecule has 0 fully saturated rings. The van der Waals surface area contributed by atoms with Gasteiger partial charge < -0.3 is 14.8 Å². The Morgan fingerprint density at radius 2 is 1.38 bits per heavy atom. The third-order valence-electron chi connectivity index (χ3n) is 7.08. The van der Waals surface area contributed by atoms with Crippen molar-refractivity contribution in [2.75, 3.05) is 19.4 Å². The van der Waals surface area contributed by atoms with Gasteiger partial charge in [-0.1, -0.05) is 78.9 Å². The van der Waals surface area contributed by atoms with Crippen LogP contribution in [0.1, 0.15) is 10.4 Å². The molecule has 5 heteroatoms. The standard InChI is InChI=1S/C34H26N2O3/c1-35-29-19-31-27(17-25(29)21-11-5-3-6-12-21)33(23-15-9-10-16-24(23)34(37)38)28-18-26(22-13-7-4-8-14-22)30(36-2)20-32(28)39-31/h3-20,35H,1-2H3,(H,37,38). The van der Waals surface area contributed by atoms with E-state index in [1.807, 2.05) is 79.8 Å². The van der Waals surface area contributed by atoms with Crippen molar-refractivity contribution in [3.63, 3.8) is 0 Å². The van der Waals surface area contributed by atoms with E-state index < -0.39 is 5.97 Å². The highest BCUT2D eigenvalue weighted by Gasteiger charge is 2.24. The Morgan fingerprint density at radius 1 is 0.744 bits per heavy atom. The third kappa shape index (κ3) is 4.24. The van der Waals surface area contributed by atoms with Crippen molar-refractivity contribution in [3.05, 3.63) is 120 Å². The van der Waals surface area contributed by atoms with Gasteiger partial charge in [-0.05, 0) is 34.9 Å². The molecule has 2 aliphatic rings. The zero-order valence-corrected chi connectivity index (χ0v) is 21.6. The minimum atomic E-state index is -0.980. The molecule has 4 aromatic rings. The molecule has 39 heavy (non-hydrogen) atoms. The topological polar surface area (TPSA) is 74.8 Å². The Morgan fingerprint density at radius 3 is 2.03 bits per heavy atom. The summed E-state index contributed by atoms with van der Waals surface area (Å²) < 4.78 is 6.53. The molecule has 0 amide bonds. The van der Waals surface area contributed by atoms with Crippen LogP contribution in [0.2, 0.25) is 0 Å². The molecule has 0 atom stereocenters. The van der Waals surface area contributed by atoms with Gasteiger partial charge in [-0.3, -0.25) is 4.99 Å². The summed E-state index contributed by atoms with van der Waals surface area (Å²) in [5, 5.41) is 15.1. The first kappa shape index (κ1) is 24.2. The Hall–Kier alpha value is -5.16. The normalized spacial score (nSPS) is 11.7. The minimum Gasteiger partial charge on any atom is -0.478 e. The second-order valence-corrected chi connectivity index (χ2v) is 9.29. The number of nitrogens with zero attached hydrogens (tertiary/aromatic N) is 1. The van der Waals surface area contributed by atoms with Crippen molar-refractivity contribution < 1.29 is 14.3 Å². The van der Waals surface area contributed by atoms with Crippen molar-refractivity contribution in [2.45, 2.75) is 0 Å². The van der Waals surface area contributed by atoms with E-state index in [-0.39, 0.29) is 5.56 Å². The van der Waals surface area contributed by atoms with Crippen molar-refractivity contribution in [3.8, 4) is 44.7 Å². The largest absolute Gasteiger partial charge is 0.478 e. The number of fused-ring (bicyclic) bond motifs is 2. The van der Waals surface area contributed by atoms with E-state index in [0.29, 0.717) is 16.9 Å². The molecule has 0 spiro atoms. The SMILES string of the molecule is CN=c1cc2oc3cc(NC)c(-c4ccccc4)cc3c(-c3ccccc3C(=O)O)c-2cc1-c1ccccc1. The van der Waals surface area contributed by atoms with Crippen LogP contribution >= 0.6 is 0 Å². The van der Waals surface area contributed by atoms with E-state index in [9.17, 15) is 9.90 Å². The summed E-state index contributed by atoms with van der Waals surface area (Å²) in [6, 6.07) is 35.4. The number of nitrogens with one attached hydrogen (secondary N) is 1. The van der Waals surface area contributed by atoms with Gasteiger partial charge in [-0.25, -0.2) is 4.79 Å². The molecule has 0 unspecified atom stereocenters. The van der Waals surface area contributed by atoms with Gasteiger partial charge in [-0.2, -0.15) is 0 Å². The lowest BCUT2D eigenvalue weighted by Crippen LogP contribution is -2.09. The monoisotopic (exact) mass is 510 g/mol. The number of hydrogen-bond acceptors (Lipinski definition) is 4. The smallest absolute Gasteiger partial charge is 0.336 e. The molecule has 0 saturated carbocycles. The summed E-state index contributed by atoms with van der Waals surface area (Å²) in [7, 11) is 3.65. The van der Waals surface area contributed by atoms with Crippen molar-refractivity contribution in [2.24, 2.45) is 4.99 Å². The van der Waals surface area contributed by atoms with Crippen LogP contribution in [0, 0.1) is 0 Å². The number of rotatable bonds is 5. The maximum Gasteiger partial charge on any atom is 0.336 e. The summed E-state index contributed by atoms with van der Waals surface area (Å²) >= 11 is 0. The molecule has 4 aromatic carbocycles. The van der Waals surface area contributed by atoms with Gasteiger partial charge in [0.15, 0.2) is 0 Å². The van der Waals surface area contributed by atoms with Gasteiger partial charge in [0.2, 0.25) is 0 Å². The predicted molar refractivity (Wildman–Crippen MR) is 157 cm³/mol. The van der Waals surface area contributed by atoms with Crippen molar-refractivity contribution in [1.29, 1.82) is 0 Å². The lowest BCUT2D eigenvalue weighted by molar-refractivity contribution is 0.0697. The fourth-order valence-electron chi connectivity index (χ4n) is 5.25. The number of carbonyl (C=O) groups is 1. The fourth-order valence-corrected chi connectivity index (χ4v) is 5.25. The van der Waals surface area contributed by atoms with Crippen LogP contribution in [0.15, 0.2) is 119 Å². The van der Waals surface area contributed by atoms with Crippen LogP contribution in [0.4, 0.5) is 5.69 Å². The maximum absolute atomic E-state index is 12.4. The molecule has 190 valence electrons. The van der Waals surface area contributed by atoms with Crippen LogP contribution in [-0.4, -0.2) is 25.2 Å². The molecular formula is C34H26N2O3. The van der Waals surface area contributed by atoms with E-state index in [2.05, 4.69) is 34.6 Å². The van der Waals surface area contributed by atoms with Gasteiger partial charge in [-0.15, -0.1) is 0 Å². The zero-order chi connectivity index (χ0) is 26.9. The average molecular weight is 511 g/mol. The first-order chi connectivity index (χ1) is 19.1. The van der Waals surface area contributed by atoms with Crippen LogP contribution in [0.3, 0.4) is 0 Å². The second kappa shape index (κ2) is 9.95. The molecule has 0 aromatic heterocycles. The lowest BCUT2D eigenvalue weighted by atomic mass is 9.87. The van der Waals surface area contributed by atoms with Gasteiger partial charge in [0, 0.05) is 59.6 Å². The molecule has 1 aliphatic carbocycles. The number of carboxylic acids is 1. The van der Waals surface area contributed by atoms with E-state index in [4.69, 9.17) is 4.42 Å². The van der Waals surface area contributed by atoms with Crippen LogP contribution in [0.25, 0.3) is 55.7 Å². The van der Waals surface area contributed by atoms with Crippen LogP contribution < -0.4 is 10.7 Å². The third-order valence-corrected chi connectivity index (χ3v) is 7.08. The van der Waals surface area contributed by atoms with Gasteiger partial charge in [0.05, 0.1) is 10.9 Å². The molecule has 1 aliphatic heterocycles. The molecule has 2 N–H and O–H groups in total. The number of aromatic carboxylic acids is 1. The van der Waals surface area contributed by atoms with E-state index in [0.717, 1.165) is 49.8 Å². The Balaban J connectivity index is 1.81. The minimum absolute atomic E-state index is 0.232. The van der Waals surface area contributed by atoms with E-state index in [1.165, 1.54) is 0 Å². The van der Waals surface area contributed by atoms with Crippen LogP contribution in [-0.2, 0) is 0 Å². The molecule has 6 rings (SSSR count). The summed E-state index contributed by atoms with van der Waals surface area (Å²) in [5.41, 5.74) is 8.07. The Bertz CT molecular complexity index is 1870. The quantitative estimate of drug-likeness (QED) is 0.232. The highest BCUT2D eigenvalue weighted by molar-refractivity contribution is 6.09. The Labute approximate surface area is 226 Å². The second-order valence-electron chi connectivity index (χ2n) is 9.29. The van der Waals surface area contributed by atoms with E-state index in [1.54, 1.807) is 19.2 Å². The molecule has 1 heterocycles. The first-order valence-electron chi connectivity index (χ1n) is 12.7. The van der Waals surface area contributed by atoms with Gasteiger partial charge in [0.25, 0.3) is 0 Å². The molecule has 0 bridgehead atoms. The highest BCUT2D eigenvalue weighted by atomic mass is 16.4. The molecular weight excluding hydrogens is 484 g/mol. The summed E-state index contributed by atoms with van der Waals surface area (Å²) in [5.74, 6) is -0.348. The summed E-state index contributed by atoms with van der Waals surface area (Å²) in [6.45, 7) is 0. The predicted octanol–water partition coefficient (Wildman–Crippen LogP) is 7.81. The fraction of sp³-hybridized carbons (Fsp3) is 0.0588. The number of carboxylic acid groups (broad SMARTS) is 1. The maximum atomic E-state index is 12.4. The Kier molecular flexibility index (Phi) is 6.17. The van der Waals surface area contributed by atoms with Crippen LogP contribution in [0.5, 0.6) is 0 Å². The zero-order valence-electron chi connectivity index (χ0n) is 21.6. The highest BCUT2D eigenvalue weighted by Crippen LogP contribution is 2.45. The van der Waals surface area contributed by atoms with Crippen molar-refractivity contribution in [1.82, 2.24) is 0 Å². The van der Waals surface area contributed by atoms with Crippen molar-refractivity contribution >= 4 is 22.6 Å². The molecule has 0 saturated heterocycles.